The van der Waals surface area contributed by atoms with Crippen molar-refractivity contribution in [2.75, 3.05) is 12.0 Å². The number of hydrazine groups is 1. The summed E-state index contributed by atoms with van der Waals surface area (Å²) >= 11 is 0. The van der Waals surface area contributed by atoms with Gasteiger partial charge in [-0.3, -0.25) is 9.59 Å². The first-order valence-electron chi connectivity index (χ1n) is 7.05. The van der Waals surface area contributed by atoms with E-state index in [4.69, 9.17) is 5.84 Å². The fourth-order valence-corrected chi connectivity index (χ4v) is 1.82. The molecule has 0 radical (unpaired) electrons. The van der Waals surface area contributed by atoms with Gasteiger partial charge >= 0.3 is 0 Å². The average molecular weight is 291 g/mol. The zero-order valence-corrected chi connectivity index (χ0v) is 12.3. The number of rotatable bonds is 6. The summed E-state index contributed by atoms with van der Waals surface area (Å²) in [6, 6.07) is 3.55. The molecule has 1 saturated carbocycles. The summed E-state index contributed by atoms with van der Waals surface area (Å²) in [5.74, 6) is 5.47. The van der Waals surface area contributed by atoms with E-state index in [0.717, 1.165) is 18.5 Å². The fraction of sp³-hybridized carbons (Fsp3) is 0.500. The normalized spacial score (nSPS) is 13.9. The lowest BCUT2D eigenvalue weighted by Gasteiger charge is -2.11. The van der Waals surface area contributed by atoms with E-state index < -0.39 is 0 Å². The number of pyridine rings is 1. The van der Waals surface area contributed by atoms with E-state index in [0.29, 0.717) is 11.4 Å². The van der Waals surface area contributed by atoms with Gasteiger partial charge in [-0.15, -0.1) is 0 Å². The average Bonchev–Trinajstić information content (AvgIpc) is 3.27. The summed E-state index contributed by atoms with van der Waals surface area (Å²) in [6.45, 7) is 3.93. The van der Waals surface area contributed by atoms with Crippen molar-refractivity contribution in [1.82, 2.24) is 15.6 Å². The van der Waals surface area contributed by atoms with Gasteiger partial charge in [0.15, 0.2) is 0 Å². The Morgan fingerprint density at radius 2 is 2.10 bits per heavy atom. The van der Waals surface area contributed by atoms with E-state index in [2.05, 4.69) is 21.0 Å². The van der Waals surface area contributed by atoms with Crippen molar-refractivity contribution in [3.05, 3.63) is 23.4 Å². The molecular weight excluding hydrogens is 270 g/mol. The monoisotopic (exact) mass is 291 g/mol. The molecule has 1 heterocycles. The maximum Gasteiger partial charge on any atom is 0.251 e. The number of nitrogen functional groups attached to an aromatic ring is 1. The quantitative estimate of drug-likeness (QED) is 0.451. The van der Waals surface area contributed by atoms with Crippen LogP contribution < -0.4 is 21.9 Å². The fourth-order valence-electron chi connectivity index (χ4n) is 1.82. The standard InChI is InChI=1S/C14H21N5O2/c1-8(2)11-5-9(6-12(18-11)19-15)14(21)16-7-13(20)17-10-3-4-10/h5-6,8,10H,3-4,7,15H2,1-2H3,(H,16,21)(H,17,20)(H,18,19). The van der Waals surface area contributed by atoms with E-state index >= 15 is 0 Å². The van der Waals surface area contributed by atoms with Crippen molar-refractivity contribution in [3.63, 3.8) is 0 Å². The summed E-state index contributed by atoms with van der Waals surface area (Å²) in [4.78, 5) is 27.9. The van der Waals surface area contributed by atoms with Gasteiger partial charge in [0.1, 0.15) is 5.82 Å². The molecule has 114 valence electrons. The summed E-state index contributed by atoms with van der Waals surface area (Å²) in [5, 5.41) is 5.42. The second-order valence-electron chi connectivity index (χ2n) is 5.49. The van der Waals surface area contributed by atoms with Crippen LogP contribution in [-0.4, -0.2) is 29.4 Å². The highest BCUT2D eigenvalue weighted by molar-refractivity contribution is 5.97. The molecule has 5 N–H and O–H groups in total. The first-order chi connectivity index (χ1) is 9.99. The van der Waals surface area contributed by atoms with Gasteiger partial charge in [-0.2, -0.15) is 0 Å². The highest BCUT2D eigenvalue weighted by Crippen LogP contribution is 2.18. The molecular formula is C14H21N5O2. The minimum Gasteiger partial charge on any atom is -0.352 e. The molecule has 2 amide bonds. The number of nitrogens with two attached hydrogens (primary N) is 1. The summed E-state index contributed by atoms with van der Waals surface area (Å²) < 4.78 is 0. The molecule has 1 aliphatic rings. The molecule has 1 aromatic rings. The van der Waals surface area contributed by atoms with Crippen LogP contribution in [0.4, 0.5) is 5.82 Å². The lowest BCUT2D eigenvalue weighted by molar-refractivity contribution is -0.120. The van der Waals surface area contributed by atoms with Gasteiger partial charge in [0, 0.05) is 17.3 Å². The Morgan fingerprint density at radius 3 is 2.67 bits per heavy atom. The molecule has 0 spiro atoms. The molecule has 1 aliphatic carbocycles. The van der Waals surface area contributed by atoms with E-state index in [1.54, 1.807) is 12.1 Å². The topological polar surface area (TPSA) is 109 Å². The van der Waals surface area contributed by atoms with Crippen LogP contribution in [0.3, 0.4) is 0 Å². The van der Waals surface area contributed by atoms with E-state index in [1.807, 2.05) is 13.8 Å². The van der Waals surface area contributed by atoms with Crippen LogP contribution in [0.5, 0.6) is 0 Å². The summed E-state index contributed by atoms with van der Waals surface area (Å²) in [7, 11) is 0. The number of carbonyl (C=O) groups is 2. The molecule has 0 unspecified atom stereocenters. The lowest BCUT2D eigenvalue weighted by atomic mass is 10.1. The molecule has 0 atom stereocenters. The summed E-state index contributed by atoms with van der Waals surface area (Å²) in [5.41, 5.74) is 3.64. The Kier molecular flexibility index (Phi) is 4.74. The van der Waals surface area contributed by atoms with Crippen molar-refractivity contribution in [3.8, 4) is 0 Å². The van der Waals surface area contributed by atoms with Gasteiger partial charge in [0.25, 0.3) is 5.91 Å². The number of carbonyl (C=O) groups excluding carboxylic acids is 2. The molecule has 7 heteroatoms. The lowest BCUT2D eigenvalue weighted by Crippen LogP contribution is -2.37. The predicted molar refractivity (Wildman–Crippen MR) is 79.6 cm³/mol. The largest absolute Gasteiger partial charge is 0.352 e. The molecule has 0 aliphatic heterocycles. The third-order valence-corrected chi connectivity index (χ3v) is 3.20. The molecule has 1 aromatic heterocycles. The molecule has 7 nitrogen and oxygen atoms in total. The number of hydrogen-bond donors (Lipinski definition) is 4. The predicted octanol–water partition coefficient (Wildman–Crippen LogP) is 0.499. The van der Waals surface area contributed by atoms with Gasteiger partial charge < -0.3 is 16.1 Å². The number of amides is 2. The molecule has 21 heavy (non-hydrogen) atoms. The number of aromatic nitrogens is 1. The van der Waals surface area contributed by atoms with Crippen LogP contribution >= 0.6 is 0 Å². The van der Waals surface area contributed by atoms with Crippen LogP contribution in [0.1, 0.15) is 48.7 Å². The maximum absolute atomic E-state index is 12.1. The molecule has 0 bridgehead atoms. The Labute approximate surface area is 123 Å². The van der Waals surface area contributed by atoms with Crippen LogP contribution in [0, 0.1) is 0 Å². The van der Waals surface area contributed by atoms with E-state index in [-0.39, 0.29) is 30.3 Å². The van der Waals surface area contributed by atoms with E-state index in [9.17, 15) is 9.59 Å². The Bertz CT molecular complexity index is 540. The second kappa shape index (κ2) is 6.53. The van der Waals surface area contributed by atoms with Crippen LogP contribution in [0.15, 0.2) is 12.1 Å². The van der Waals surface area contributed by atoms with Gasteiger partial charge in [-0.25, -0.2) is 10.8 Å². The molecule has 2 rings (SSSR count). The zero-order valence-electron chi connectivity index (χ0n) is 12.3. The minimum atomic E-state index is -0.318. The van der Waals surface area contributed by atoms with Gasteiger partial charge in [-0.05, 0) is 30.9 Å². The highest BCUT2D eigenvalue weighted by Gasteiger charge is 2.23. The maximum atomic E-state index is 12.1. The number of hydrogen-bond acceptors (Lipinski definition) is 5. The first-order valence-corrected chi connectivity index (χ1v) is 7.05. The molecule has 1 fully saturated rings. The Balaban J connectivity index is 1.99. The van der Waals surface area contributed by atoms with Crippen molar-refractivity contribution < 1.29 is 9.59 Å². The smallest absolute Gasteiger partial charge is 0.251 e. The Hall–Kier alpha value is -2.15. The van der Waals surface area contributed by atoms with Gasteiger partial charge in [0.2, 0.25) is 5.91 Å². The van der Waals surface area contributed by atoms with E-state index in [1.165, 1.54) is 0 Å². The SMILES string of the molecule is CC(C)c1cc(C(=O)NCC(=O)NC2CC2)cc(NN)n1. The highest BCUT2D eigenvalue weighted by atomic mass is 16.2. The van der Waals surface area contributed by atoms with Crippen molar-refractivity contribution >= 4 is 17.6 Å². The Morgan fingerprint density at radius 1 is 1.38 bits per heavy atom. The van der Waals surface area contributed by atoms with Gasteiger partial charge in [-0.1, -0.05) is 13.8 Å². The van der Waals surface area contributed by atoms with Crippen LogP contribution in [-0.2, 0) is 4.79 Å². The van der Waals surface area contributed by atoms with Gasteiger partial charge in [0.05, 0.1) is 6.54 Å². The number of nitrogens with zero attached hydrogens (tertiary/aromatic N) is 1. The third-order valence-electron chi connectivity index (χ3n) is 3.20. The molecule has 0 saturated heterocycles. The van der Waals surface area contributed by atoms with Crippen molar-refractivity contribution in [1.29, 1.82) is 0 Å². The minimum absolute atomic E-state index is 0.0277. The van der Waals surface area contributed by atoms with Crippen LogP contribution in [0.25, 0.3) is 0 Å². The number of anilines is 1. The third kappa shape index (κ3) is 4.42. The van der Waals surface area contributed by atoms with Crippen LogP contribution in [0.2, 0.25) is 0 Å². The first kappa shape index (κ1) is 15.2. The van der Waals surface area contributed by atoms with Crippen molar-refractivity contribution in [2.45, 2.75) is 38.6 Å². The number of nitrogens with one attached hydrogen (secondary N) is 3. The molecule has 0 aromatic carbocycles. The summed E-state index contributed by atoms with van der Waals surface area (Å²) in [6.07, 6.45) is 2.04. The zero-order chi connectivity index (χ0) is 15.4. The van der Waals surface area contributed by atoms with Crippen molar-refractivity contribution in [2.24, 2.45) is 5.84 Å². The second-order valence-corrected chi connectivity index (χ2v) is 5.49.